The van der Waals surface area contributed by atoms with Crippen molar-refractivity contribution in [1.29, 1.82) is 0 Å². The van der Waals surface area contributed by atoms with Gasteiger partial charge in [-0.25, -0.2) is 4.98 Å². The van der Waals surface area contributed by atoms with Crippen molar-refractivity contribution in [3.63, 3.8) is 0 Å². The molecule has 1 saturated heterocycles. The summed E-state index contributed by atoms with van der Waals surface area (Å²) in [5, 5.41) is 2.71. The van der Waals surface area contributed by atoms with Gasteiger partial charge in [0, 0.05) is 31.9 Å². The van der Waals surface area contributed by atoms with Crippen LogP contribution in [0.4, 0.5) is 11.5 Å². The molecule has 3 amide bonds. The van der Waals surface area contributed by atoms with E-state index in [0.717, 1.165) is 23.2 Å². The number of nitrogens with one attached hydrogen (secondary N) is 1. The van der Waals surface area contributed by atoms with Gasteiger partial charge < -0.3 is 15.1 Å². The summed E-state index contributed by atoms with van der Waals surface area (Å²) >= 11 is 0. The average Bonchev–Trinajstić information content (AvgIpc) is 3.13. The summed E-state index contributed by atoms with van der Waals surface area (Å²) in [6.07, 6.45) is 2.74. The fourth-order valence-electron chi connectivity index (χ4n) is 3.87. The summed E-state index contributed by atoms with van der Waals surface area (Å²) < 4.78 is 0. The number of carbonyl (C=O) groups excluding carboxylic acids is 3. The zero-order valence-corrected chi connectivity index (χ0v) is 18.6. The molecule has 0 spiro atoms. The van der Waals surface area contributed by atoms with Crippen LogP contribution in [-0.4, -0.2) is 47.7 Å². The van der Waals surface area contributed by atoms with Crippen LogP contribution in [0.1, 0.15) is 43.7 Å². The van der Waals surface area contributed by atoms with Gasteiger partial charge in [-0.1, -0.05) is 32.0 Å². The quantitative estimate of drug-likeness (QED) is 0.742. The highest BCUT2D eigenvalue weighted by molar-refractivity contribution is 6.01. The van der Waals surface area contributed by atoms with E-state index >= 15 is 0 Å². The van der Waals surface area contributed by atoms with E-state index in [-0.39, 0.29) is 30.7 Å². The molecule has 3 rings (SSSR count). The number of aromatic nitrogens is 1. The molecule has 1 aromatic carbocycles. The van der Waals surface area contributed by atoms with Crippen LogP contribution in [0.5, 0.6) is 0 Å². The summed E-state index contributed by atoms with van der Waals surface area (Å²) in [6, 6.07) is 11.5. The lowest BCUT2D eigenvalue weighted by Gasteiger charge is -2.24. The van der Waals surface area contributed by atoms with E-state index in [9.17, 15) is 14.4 Å². The van der Waals surface area contributed by atoms with Crippen molar-refractivity contribution < 1.29 is 14.4 Å². The highest BCUT2D eigenvalue weighted by Gasteiger charge is 2.37. The van der Waals surface area contributed by atoms with Crippen LogP contribution in [0.3, 0.4) is 0 Å². The van der Waals surface area contributed by atoms with Crippen molar-refractivity contribution in [2.75, 3.05) is 30.4 Å². The first-order chi connectivity index (χ1) is 14.8. The second-order valence-corrected chi connectivity index (χ2v) is 8.23. The fraction of sp³-hybridized carbons (Fsp3) is 0.417. The maximum atomic E-state index is 12.9. The SMILES string of the molecule is CCC(C)c1ccccc1N1CC(C(=O)N(C)CC(=O)Nc2cc(C)ccn2)CC1=O. The van der Waals surface area contributed by atoms with Crippen molar-refractivity contribution in [3.05, 3.63) is 53.7 Å². The van der Waals surface area contributed by atoms with E-state index in [4.69, 9.17) is 0 Å². The minimum Gasteiger partial charge on any atom is -0.336 e. The molecule has 2 atom stereocenters. The number of carbonyl (C=O) groups is 3. The lowest BCUT2D eigenvalue weighted by molar-refractivity contribution is -0.137. The van der Waals surface area contributed by atoms with Crippen molar-refractivity contribution in [2.24, 2.45) is 5.92 Å². The second kappa shape index (κ2) is 9.73. The van der Waals surface area contributed by atoms with Gasteiger partial charge >= 0.3 is 0 Å². The Morgan fingerprint density at radius 1 is 1.29 bits per heavy atom. The molecule has 7 heteroatoms. The molecule has 1 aromatic heterocycles. The molecular weight excluding hydrogens is 392 g/mol. The monoisotopic (exact) mass is 422 g/mol. The van der Waals surface area contributed by atoms with Crippen LogP contribution in [-0.2, 0) is 14.4 Å². The average molecular weight is 423 g/mol. The number of hydrogen-bond acceptors (Lipinski definition) is 4. The summed E-state index contributed by atoms with van der Waals surface area (Å²) in [5.74, 6) is -0.278. The molecule has 1 aliphatic heterocycles. The Hall–Kier alpha value is -3.22. The van der Waals surface area contributed by atoms with E-state index in [1.807, 2.05) is 37.3 Å². The van der Waals surface area contributed by atoms with E-state index < -0.39 is 5.92 Å². The zero-order chi connectivity index (χ0) is 22.5. The first-order valence-electron chi connectivity index (χ1n) is 10.7. The van der Waals surface area contributed by atoms with Crippen molar-refractivity contribution >= 4 is 29.2 Å². The second-order valence-electron chi connectivity index (χ2n) is 8.23. The minimum atomic E-state index is -0.465. The van der Waals surface area contributed by atoms with Gasteiger partial charge in [-0.05, 0) is 48.6 Å². The molecule has 0 bridgehead atoms. The Kier molecular flexibility index (Phi) is 7.05. The van der Waals surface area contributed by atoms with Gasteiger partial charge in [0.15, 0.2) is 0 Å². The van der Waals surface area contributed by atoms with Crippen LogP contribution in [0, 0.1) is 12.8 Å². The smallest absolute Gasteiger partial charge is 0.245 e. The maximum Gasteiger partial charge on any atom is 0.245 e. The zero-order valence-electron chi connectivity index (χ0n) is 18.6. The van der Waals surface area contributed by atoms with Crippen LogP contribution in [0.25, 0.3) is 0 Å². The largest absolute Gasteiger partial charge is 0.336 e. The number of amides is 3. The van der Waals surface area contributed by atoms with Gasteiger partial charge in [0.1, 0.15) is 5.82 Å². The summed E-state index contributed by atoms with van der Waals surface area (Å²) in [6.45, 7) is 6.40. The molecular formula is C24H30N4O3. The van der Waals surface area contributed by atoms with Gasteiger partial charge in [0.05, 0.1) is 12.5 Å². The van der Waals surface area contributed by atoms with Crippen LogP contribution >= 0.6 is 0 Å². The van der Waals surface area contributed by atoms with Crippen LogP contribution < -0.4 is 10.2 Å². The Morgan fingerprint density at radius 2 is 2.03 bits per heavy atom. The fourth-order valence-corrected chi connectivity index (χ4v) is 3.87. The van der Waals surface area contributed by atoms with E-state index in [1.165, 1.54) is 4.90 Å². The third kappa shape index (κ3) is 5.29. The molecule has 0 radical (unpaired) electrons. The molecule has 0 saturated carbocycles. The molecule has 2 heterocycles. The first-order valence-corrected chi connectivity index (χ1v) is 10.7. The van der Waals surface area contributed by atoms with Crippen LogP contribution in [0.15, 0.2) is 42.6 Å². The number of pyridine rings is 1. The Morgan fingerprint density at radius 3 is 2.74 bits per heavy atom. The lowest BCUT2D eigenvalue weighted by atomic mass is 9.96. The van der Waals surface area contributed by atoms with Gasteiger partial charge in [0.25, 0.3) is 0 Å². The minimum absolute atomic E-state index is 0.0593. The number of nitrogens with zero attached hydrogens (tertiary/aromatic N) is 3. The first kappa shape index (κ1) is 22.5. The lowest BCUT2D eigenvalue weighted by Crippen LogP contribution is -2.39. The van der Waals surface area contributed by atoms with E-state index in [0.29, 0.717) is 18.3 Å². The number of hydrogen-bond donors (Lipinski definition) is 1. The molecule has 0 aliphatic carbocycles. The molecule has 2 aromatic rings. The molecule has 1 aliphatic rings. The molecule has 164 valence electrons. The molecule has 2 unspecified atom stereocenters. The van der Waals surface area contributed by atoms with Crippen molar-refractivity contribution in [3.8, 4) is 0 Å². The summed E-state index contributed by atoms with van der Waals surface area (Å²) in [5.41, 5.74) is 2.98. The molecule has 1 N–H and O–H groups in total. The van der Waals surface area contributed by atoms with Crippen LogP contribution in [0.2, 0.25) is 0 Å². The molecule has 1 fully saturated rings. The van der Waals surface area contributed by atoms with Gasteiger partial charge in [-0.3, -0.25) is 14.4 Å². The number of benzene rings is 1. The number of para-hydroxylation sites is 1. The van der Waals surface area contributed by atoms with Crippen molar-refractivity contribution in [2.45, 2.75) is 39.5 Å². The Labute approximate surface area is 183 Å². The normalized spacial score (nSPS) is 16.8. The maximum absolute atomic E-state index is 12.9. The van der Waals surface area contributed by atoms with Gasteiger partial charge in [-0.15, -0.1) is 0 Å². The third-order valence-electron chi connectivity index (χ3n) is 5.79. The number of aryl methyl sites for hydroxylation is 1. The van der Waals surface area contributed by atoms with E-state index in [1.54, 1.807) is 24.2 Å². The topological polar surface area (TPSA) is 82.6 Å². The standard InChI is InChI=1S/C24H30N4O3/c1-5-17(3)19-8-6-7-9-20(19)28-14-18(13-23(28)30)24(31)27(4)15-22(29)26-21-12-16(2)10-11-25-21/h6-12,17-18H,5,13-15H2,1-4H3,(H,25,26,29). The predicted octanol–water partition coefficient (Wildman–Crippen LogP) is 3.35. The predicted molar refractivity (Wildman–Crippen MR) is 121 cm³/mol. The highest BCUT2D eigenvalue weighted by Crippen LogP contribution is 2.33. The number of likely N-dealkylation sites (N-methyl/N-ethyl adjacent to an activating group) is 1. The molecule has 7 nitrogen and oxygen atoms in total. The van der Waals surface area contributed by atoms with Gasteiger partial charge in [-0.2, -0.15) is 0 Å². The highest BCUT2D eigenvalue weighted by atomic mass is 16.2. The summed E-state index contributed by atoms with van der Waals surface area (Å²) in [7, 11) is 1.59. The van der Waals surface area contributed by atoms with E-state index in [2.05, 4.69) is 24.1 Å². The number of anilines is 2. The summed E-state index contributed by atoms with van der Waals surface area (Å²) in [4.78, 5) is 45.2. The Balaban J connectivity index is 1.64. The van der Waals surface area contributed by atoms with Gasteiger partial charge in [0.2, 0.25) is 17.7 Å². The number of rotatable bonds is 7. The van der Waals surface area contributed by atoms with Crippen molar-refractivity contribution in [1.82, 2.24) is 9.88 Å². The third-order valence-corrected chi connectivity index (χ3v) is 5.79. The Bertz CT molecular complexity index is 975. The molecule has 31 heavy (non-hydrogen) atoms.